The summed E-state index contributed by atoms with van der Waals surface area (Å²) in [6, 6.07) is 22.3. The van der Waals surface area contributed by atoms with E-state index in [9.17, 15) is 9.59 Å². The smallest absolute Gasteiger partial charge is 0.344 e. The van der Waals surface area contributed by atoms with Crippen LogP contribution in [0.5, 0.6) is 5.75 Å². The van der Waals surface area contributed by atoms with Gasteiger partial charge in [-0.1, -0.05) is 49.6 Å². The number of nitrogens with zero attached hydrogens (tertiary/aromatic N) is 2. The summed E-state index contributed by atoms with van der Waals surface area (Å²) >= 11 is 0. The van der Waals surface area contributed by atoms with E-state index < -0.39 is 11.9 Å². The van der Waals surface area contributed by atoms with Crippen LogP contribution in [-0.2, 0) is 25.7 Å². The van der Waals surface area contributed by atoms with E-state index in [2.05, 4.69) is 51.9 Å². The first-order chi connectivity index (χ1) is 18.6. The molecule has 38 heavy (non-hydrogen) atoms. The third kappa shape index (κ3) is 9.53. The number of benzene rings is 3. The third-order valence-electron chi connectivity index (χ3n) is 4.63. The van der Waals surface area contributed by atoms with Crippen molar-refractivity contribution in [3.8, 4) is 29.8 Å². The van der Waals surface area contributed by atoms with Crippen molar-refractivity contribution in [1.82, 2.24) is 0 Å². The van der Waals surface area contributed by atoms with E-state index >= 15 is 0 Å². The second-order valence-corrected chi connectivity index (χ2v) is 7.34. The van der Waals surface area contributed by atoms with Crippen molar-refractivity contribution in [2.24, 2.45) is 9.98 Å². The Balaban J connectivity index is 1.49. The Morgan fingerprint density at radius 3 is 1.79 bits per heavy atom. The molecule has 0 aliphatic rings. The van der Waals surface area contributed by atoms with Gasteiger partial charge >= 0.3 is 11.9 Å². The van der Waals surface area contributed by atoms with Gasteiger partial charge in [0.05, 0.1) is 11.4 Å². The van der Waals surface area contributed by atoms with Crippen molar-refractivity contribution < 1.29 is 23.8 Å². The van der Waals surface area contributed by atoms with E-state index in [0.29, 0.717) is 5.75 Å². The van der Waals surface area contributed by atoms with Gasteiger partial charge in [0.15, 0.2) is 0 Å². The topological polar surface area (TPSA) is 86.6 Å². The van der Waals surface area contributed by atoms with Gasteiger partial charge in [0.1, 0.15) is 24.6 Å². The van der Waals surface area contributed by atoms with E-state index in [0.717, 1.165) is 40.2 Å². The average molecular weight is 503 g/mol. The summed E-state index contributed by atoms with van der Waals surface area (Å²) in [6.45, 7) is 6.82. The summed E-state index contributed by atoms with van der Waals surface area (Å²) in [5.41, 5.74) is 4.28. The highest BCUT2D eigenvalue weighted by Crippen LogP contribution is 2.18. The summed E-state index contributed by atoms with van der Waals surface area (Å²) in [5.74, 6) is 4.16. The number of esters is 2. The summed E-state index contributed by atoms with van der Waals surface area (Å²) in [7, 11) is 0. The SMILES string of the molecule is C=CC(=O)OC#CC#COc1ccc(N=Cc2ccc(C=Nc3ccc(COC(=O)C=C)cc3)cc2)cc1. The summed E-state index contributed by atoms with van der Waals surface area (Å²) in [5, 5.41) is 0. The molecule has 0 amide bonds. The van der Waals surface area contributed by atoms with Crippen molar-refractivity contribution in [3.05, 3.63) is 115 Å². The molecule has 7 nitrogen and oxygen atoms in total. The molecule has 0 fully saturated rings. The molecule has 3 aromatic rings. The predicted molar refractivity (Wildman–Crippen MR) is 146 cm³/mol. The Morgan fingerprint density at radius 2 is 1.24 bits per heavy atom. The quantitative estimate of drug-likeness (QED) is 0.168. The van der Waals surface area contributed by atoms with Crippen molar-refractivity contribution in [3.63, 3.8) is 0 Å². The molecule has 0 aliphatic heterocycles. The Bertz CT molecular complexity index is 1460. The average Bonchev–Trinajstić information content (AvgIpc) is 2.97. The number of carbonyl (C=O) groups excluding carboxylic acids is 2. The molecule has 0 radical (unpaired) electrons. The second kappa shape index (κ2) is 14.7. The first kappa shape index (κ1) is 26.9. The number of ether oxygens (including phenoxy) is 3. The normalized spacial score (nSPS) is 10.0. The van der Waals surface area contributed by atoms with Crippen LogP contribution >= 0.6 is 0 Å². The number of aliphatic imine (C=N–C) groups is 2. The first-order valence-corrected chi connectivity index (χ1v) is 11.2. The number of hydrogen-bond donors (Lipinski definition) is 0. The molecule has 186 valence electrons. The zero-order valence-electron chi connectivity index (χ0n) is 20.3. The number of rotatable bonds is 9. The van der Waals surface area contributed by atoms with E-state index in [1.807, 2.05) is 48.5 Å². The van der Waals surface area contributed by atoms with Crippen LogP contribution in [0.15, 0.2) is 108 Å². The molecule has 3 rings (SSSR count). The molecule has 0 aliphatic carbocycles. The highest BCUT2D eigenvalue weighted by Gasteiger charge is 1.98. The van der Waals surface area contributed by atoms with Gasteiger partial charge < -0.3 is 14.2 Å². The fourth-order valence-corrected chi connectivity index (χ4v) is 2.71. The van der Waals surface area contributed by atoms with Crippen LogP contribution in [0, 0.1) is 24.1 Å². The second-order valence-electron chi connectivity index (χ2n) is 7.34. The fraction of sp³-hybridized carbons (Fsp3) is 0.0323. The van der Waals surface area contributed by atoms with Gasteiger partial charge in [-0.15, -0.1) is 0 Å². The molecule has 0 heterocycles. The summed E-state index contributed by atoms with van der Waals surface area (Å²) in [6.07, 6.45) is 10.2. The van der Waals surface area contributed by atoms with Crippen LogP contribution in [-0.4, -0.2) is 24.4 Å². The van der Waals surface area contributed by atoms with Gasteiger partial charge in [0.2, 0.25) is 0 Å². The lowest BCUT2D eigenvalue weighted by Crippen LogP contribution is -1.99. The maximum Gasteiger partial charge on any atom is 0.344 e. The van der Waals surface area contributed by atoms with Crippen LogP contribution in [0.2, 0.25) is 0 Å². The van der Waals surface area contributed by atoms with Gasteiger partial charge in [0, 0.05) is 36.4 Å². The Hall–Kier alpha value is -5.66. The predicted octanol–water partition coefficient (Wildman–Crippen LogP) is 5.45. The van der Waals surface area contributed by atoms with Gasteiger partial charge in [-0.2, -0.15) is 0 Å². The highest BCUT2D eigenvalue weighted by atomic mass is 16.5. The Labute approximate surface area is 220 Å². The lowest BCUT2D eigenvalue weighted by atomic mass is 10.1. The summed E-state index contributed by atoms with van der Waals surface area (Å²) in [4.78, 5) is 30.9. The standard InChI is InChI=1S/C31H22N2O5/c1-3-30(34)37-20-6-5-19-36-29-17-15-28(16-18-29)33-22-25-9-7-24(8-10-25)21-32-27-13-11-26(12-14-27)23-38-31(35)4-2/h3-4,7-18,21-22H,1-2,23H2. The lowest BCUT2D eigenvalue weighted by Gasteiger charge is -2.02. The van der Waals surface area contributed by atoms with Crippen LogP contribution in [0.4, 0.5) is 11.4 Å². The van der Waals surface area contributed by atoms with Gasteiger partial charge in [-0.25, -0.2) is 9.59 Å². The van der Waals surface area contributed by atoms with E-state index in [1.165, 1.54) is 0 Å². The molecule has 0 aromatic heterocycles. The number of carbonyl (C=O) groups is 2. The minimum Gasteiger partial charge on any atom is -0.458 e. The molecule has 0 saturated heterocycles. The fourth-order valence-electron chi connectivity index (χ4n) is 2.71. The molecular weight excluding hydrogens is 480 g/mol. The van der Waals surface area contributed by atoms with Crippen LogP contribution in [0.3, 0.4) is 0 Å². The third-order valence-corrected chi connectivity index (χ3v) is 4.63. The molecule has 0 N–H and O–H groups in total. The zero-order chi connectivity index (χ0) is 27.0. The largest absolute Gasteiger partial charge is 0.458 e. The van der Waals surface area contributed by atoms with Crippen molar-refractivity contribution in [1.29, 1.82) is 0 Å². The van der Waals surface area contributed by atoms with Crippen molar-refractivity contribution >= 4 is 35.7 Å². The van der Waals surface area contributed by atoms with Gasteiger partial charge in [-0.05, 0) is 53.1 Å². The number of hydrogen-bond acceptors (Lipinski definition) is 7. The Morgan fingerprint density at radius 1 is 0.711 bits per heavy atom. The van der Waals surface area contributed by atoms with Gasteiger partial charge in [0.25, 0.3) is 0 Å². The van der Waals surface area contributed by atoms with Gasteiger partial charge in [-0.3, -0.25) is 9.98 Å². The molecule has 0 spiro atoms. The van der Waals surface area contributed by atoms with E-state index in [4.69, 9.17) is 9.47 Å². The van der Waals surface area contributed by atoms with Crippen molar-refractivity contribution in [2.75, 3.05) is 0 Å². The highest BCUT2D eigenvalue weighted by molar-refractivity contribution is 5.86. The van der Waals surface area contributed by atoms with E-state index in [1.54, 1.807) is 36.7 Å². The molecule has 0 bridgehead atoms. The minimum atomic E-state index is -0.646. The molecule has 0 saturated carbocycles. The van der Waals surface area contributed by atoms with Crippen LogP contribution < -0.4 is 4.74 Å². The van der Waals surface area contributed by atoms with E-state index in [-0.39, 0.29) is 6.61 Å². The minimum absolute atomic E-state index is 0.193. The lowest BCUT2D eigenvalue weighted by molar-refractivity contribution is -0.139. The molecule has 0 atom stereocenters. The molecule has 3 aromatic carbocycles. The maximum atomic E-state index is 11.1. The summed E-state index contributed by atoms with van der Waals surface area (Å²) < 4.78 is 14.7. The monoisotopic (exact) mass is 502 g/mol. The zero-order valence-corrected chi connectivity index (χ0v) is 20.3. The van der Waals surface area contributed by atoms with Crippen molar-refractivity contribution in [2.45, 2.75) is 6.61 Å². The maximum absolute atomic E-state index is 11.1. The van der Waals surface area contributed by atoms with Crippen LogP contribution in [0.25, 0.3) is 0 Å². The first-order valence-electron chi connectivity index (χ1n) is 11.2. The molecule has 0 unspecified atom stereocenters. The van der Waals surface area contributed by atoms with Crippen LogP contribution in [0.1, 0.15) is 16.7 Å². The molecular formula is C31H22N2O5. The Kier molecular flexibility index (Phi) is 10.4. The molecule has 7 heteroatoms.